The molecule has 0 fully saturated rings. The van der Waals surface area contributed by atoms with E-state index >= 15 is 0 Å². The van der Waals surface area contributed by atoms with Crippen molar-refractivity contribution in [3.05, 3.63) is 17.5 Å². The van der Waals surface area contributed by atoms with Crippen molar-refractivity contribution in [3.63, 3.8) is 0 Å². The third-order valence-electron chi connectivity index (χ3n) is 2.83. The highest BCUT2D eigenvalue weighted by atomic mass is 16.5. The van der Waals surface area contributed by atoms with Gasteiger partial charge in [-0.25, -0.2) is 0 Å². The molecular formula is C10H14N2O2. The lowest BCUT2D eigenvalue weighted by molar-refractivity contribution is -0.129. The van der Waals surface area contributed by atoms with Crippen LogP contribution in [0.15, 0.2) is 6.20 Å². The summed E-state index contributed by atoms with van der Waals surface area (Å²) >= 11 is 0. The van der Waals surface area contributed by atoms with Crippen LogP contribution in [0.2, 0.25) is 0 Å². The van der Waals surface area contributed by atoms with Crippen molar-refractivity contribution in [1.82, 2.24) is 10.2 Å². The molecule has 1 aliphatic rings. The van der Waals surface area contributed by atoms with Crippen LogP contribution in [-0.2, 0) is 22.4 Å². The van der Waals surface area contributed by atoms with E-state index in [2.05, 4.69) is 10.2 Å². The third-order valence-corrected chi connectivity index (χ3v) is 2.83. The lowest BCUT2D eigenvalue weighted by Gasteiger charge is -2.20. The molecule has 1 aliphatic carbocycles. The first kappa shape index (κ1) is 9.24. The number of carbonyl (C=O) groups is 1. The van der Waals surface area contributed by atoms with E-state index in [4.69, 9.17) is 4.74 Å². The van der Waals surface area contributed by atoms with Gasteiger partial charge in [0.2, 0.25) is 0 Å². The molecule has 0 spiro atoms. The van der Waals surface area contributed by atoms with Crippen LogP contribution < -0.4 is 0 Å². The van der Waals surface area contributed by atoms with Crippen molar-refractivity contribution >= 4 is 6.47 Å². The molecule has 1 aromatic rings. The summed E-state index contributed by atoms with van der Waals surface area (Å²) in [6.07, 6.45) is 6.16. The molecule has 76 valence electrons. The number of hydrogen-bond acceptors (Lipinski definition) is 3. The third kappa shape index (κ3) is 1.95. The number of nitrogens with one attached hydrogen (secondary N) is 1. The van der Waals surface area contributed by atoms with Gasteiger partial charge in [0.1, 0.15) is 0 Å². The maximum absolute atomic E-state index is 9.97. The summed E-state index contributed by atoms with van der Waals surface area (Å²) in [7, 11) is 0. The highest BCUT2D eigenvalue weighted by Crippen LogP contribution is 2.25. The van der Waals surface area contributed by atoms with Crippen molar-refractivity contribution in [2.24, 2.45) is 5.92 Å². The van der Waals surface area contributed by atoms with E-state index in [0.29, 0.717) is 19.0 Å². The first-order valence-electron chi connectivity index (χ1n) is 4.96. The lowest BCUT2D eigenvalue weighted by atomic mass is 9.86. The summed E-state index contributed by atoms with van der Waals surface area (Å²) in [6, 6.07) is 0. The average Bonchev–Trinajstić information content (AvgIpc) is 2.65. The second-order valence-corrected chi connectivity index (χ2v) is 3.74. The SMILES string of the molecule is O=COCCC1CCc2[nH]ncc2C1. The van der Waals surface area contributed by atoms with E-state index in [-0.39, 0.29) is 0 Å². The average molecular weight is 194 g/mol. The van der Waals surface area contributed by atoms with Gasteiger partial charge < -0.3 is 4.74 Å². The van der Waals surface area contributed by atoms with Crippen LogP contribution in [0, 0.1) is 5.92 Å². The summed E-state index contributed by atoms with van der Waals surface area (Å²) < 4.78 is 4.70. The largest absolute Gasteiger partial charge is 0.468 e. The Bertz CT molecular complexity index is 309. The smallest absolute Gasteiger partial charge is 0.293 e. The molecule has 14 heavy (non-hydrogen) atoms. The molecule has 0 saturated heterocycles. The first-order valence-corrected chi connectivity index (χ1v) is 4.96. The van der Waals surface area contributed by atoms with Gasteiger partial charge in [-0.15, -0.1) is 0 Å². The predicted molar refractivity (Wildman–Crippen MR) is 50.7 cm³/mol. The van der Waals surface area contributed by atoms with Crippen LogP contribution >= 0.6 is 0 Å². The Balaban J connectivity index is 1.85. The maximum Gasteiger partial charge on any atom is 0.293 e. The minimum atomic E-state index is 0.520. The monoisotopic (exact) mass is 194 g/mol. The molecule has 0 amide bonds. The van der Waals surface area contributed by atoms with E-state index in [1.165, 1.54) is 11.3 Å². The zero-order valence-corrected chi connectivity index (χ0v) is 8.03. The molecule has 1 atom stereocenters. The van der Waals surface area contributed by atoms with E-state index in [1.807, 2.05) is 6.20 Å². The van der Waals surface area contributed by atoms with Crippen molar-refractivity contribution in [1.29, 1.82) is 0 Å². The second-order valence-electron chi connectivity index (χ2n) is 3.74. The van der Waals surface area contributed by atoms with Crippen molar-refractivity contribution in [3.8, 4) is 0 Å². The fraction of sp³-hybridized carbons (Fsp3) is 0.600. The lowest BCUT2D eigenvalue weighted by Crippen LogP contribution is -2.15. The van der Waals surface area contributed by atoms with Crippen molar-refractivity contribution in [2.45, 2.75) is 25.7 Å². The summed E-state index contributed by atoms with van der Waals surface area (Å²) in [5, 5.41) is 7.03. The molecule has 4 heteroatoms. The fourth-order valence-electron chi connectivity index (χ4n) is 2.02. The van der Waals surface area contributed by atoms with E-state index in [9.17, 15) is 4.79 Å². The summed E-state index contributed by atoms with van der Waals surface area (Å²) in [5.41, 5.74) is 2.60. The van der Waals surface area contributed by atoms with Gasteiger partial charge in [0.15, 0.2) is 0 Å². The number of aryl methyl sites for hydroxylation is 1. The van der Waals surface area contributed by atoms with Gasteiger partial charge in [-0.1, -0.05) is 0 Å². The van der Waals surface area contributed by atoms with Crippen LogP contribution in [-0.4, -0.2) is 23.3 Å². The fourth-order valence-corrected chi connectivity index (χ4v) is 2.02. The van der Waals surface area contributed by atoms with Crippen molar-refractivity contribution < 1.29 is 9.53 Å². The molecule has 1 heterocycles. The normalized spacial score (nSPS) is 20.1. The maximum atomic E-state index is 9.97. The molecule has 2 rings (SSSR count). The Labute approximate surface area is 82.7 Å². The van der Waals surface area contributed by atoms with E-state index in [0.717, 1.165) is 25.7 Å². The van der Waals surface area contributed by atoms with Crippen LogP contribution in [0.25, 0.3) is 0 Å². The van der Waals surface area contributed by atoms with Gasteiger partial charge in [-0.05, 0) is 37.2 Å². The van der Waals surface area contributed by atoms with Gasteiger partial charge in [-0.2, -0.15) is 5.10 Å². The number of rotatable bonds is 4. The second kappa shape index (κ2) is 4.26. The van der Waals surface area contributed by atoms with E-state index in [1.54, 1.807) is 0 Å². The molecule has 0 radical (unpaired) electrons. The number of H-pyrrole nitrogens is 1. The van der Waals surface area contributed by atoms with Crippen LogP contribution in [0.3, 0.4) is 0 Å². The predicted octanol–water partition coefficient (Wildman–Crippen LogP) is 1.08. The Kier molecular flexibility index (Phi) is 2.81. The number of aromatic nitrogens is 2. The molecular weight excluding hydrogens is 180 g/mol. The Morgan fingerprint density at radius 2 is 2.64 bits per heavy atom. The minimum absolute atomic E-state index is 0.520. The number of carbonyl (C=O) groups excluding carboxylic acids is 1. The molecule has 1 N–H and O–H groups in total. The number of hydrogen-bond donors (Lipinski definition) is 1. The summed E-state index contributed by atoms with van der Waals surface area (Å²) in [6.45, 7) is 1.06. The molecule has 1 unspecified atom stereocenters. The van der Waals surface area contributed by atoms with Gasteiger partial charge in [0.05, 0.1) is 12.8 Å². The number of fused-ring (bicyclic) bond motifs is 1. The van der Waals surface area contributed by atoms with Crippen LogP contribution in [0.5, 0.6) is 0 Å². The molecule has 1 aromatic heterocycles. The molecule has 0 saturated carbocycles. The van der Waals surface area contributed by atoms with Gasteiger partial charge in [0.25, 0.3) is 6.47 Å². The quantitative estimate of drug-likeness (QED) is 0.576. The van der Waals surface area contributed by atoms with Gasteiger partial charge in [-0.3, -0.25) is 9.89 Å². The molecule has 0 aliphatic heterocycles. The molecule has 0 aromatic carbocycles. The van der Waals surface area contributed by atoms with Crippen molar-refractivity contribution in [2.75, 3.05) is 6.61 Å². The molecule has 4 nitrogen and oxygen atoms in total. The highest BCUT2D eigenvalue weighted by Gasteiger charge is 2.19. The highest BCUT2D eigenvalue weighted by molar-refractivity contribution is 5.36. The van der Waals surface area contributed by atoms with Gasteiger partial charge in [0, 0.05) is 5.69 Å². The minimum Gasteiger partial charge on any atom is -0.468 e. The molecule has 0 bridgehead atoms. The van der Waals surface area contributed by atoms with Crippen LogP contribution in [0.4, 0.5) is 0 Å². The Hall–Kier alpha value is -1.32. The zero-order chi connectivity index (χ0) is 9.80. The Morgan fingerprint density at radius 1 is 1.71 bits per heavy atom. The van der Waals surface area contributed by atoms with Crippen LogP contribution in [0.1, 0.15) is 24.1 Å². The number of aromatic amines is 1. The number of nitrogens with zero attached hydrogens (tertiary/aromatic N) is 1. The Morgan fingerprint density at radius 3 is 3.50 bits per heavy atom. The standard InChI is InChI=1S/C10H14N2O2/c13-7-14-4-3-8-1-2-10-9(5-8)6-11-12-10/h6-8H,1-5H2,(H,11,12). The first-order chi connectivity index (χ1) is 6.90. The summed E-state index contributed by atoms with van der Waals surface area (Å²) in [5.74, 6) is 0.639. The topological polar surface area (TPSA) is 55.0 Å². The summed E-state index contributed by atoms with van der Waals surface area (Å²) in [4.78, 5) is 9.97. The van der Waals surface area contributed by atoms with Gasteiger partial charge >= 0.3 is 0 Å². The number of ether oxygens (including phenoxy) is 1. The van der Waals surface area contributed by atoms with E-state index < -0.39 is 0 Å². The zero-order valence-electron chi connectivity index (χ0n) is 8.03.